The minimum absolute atomic E-state index is 0.215. The molecule has 3 rings (SSSR count). The third kappa shape index (κ3) is 2.06. The predicted molar refractivity (Wildman–Crippen MR) is 68.2 cm³/mol. The Hall–Kier alpha value is -1.60. The number of nitrogens with zero attached hydrogens (tertiary/aromatic N) is 2. The van der Waals surface area contributed by atoms with Crippen molar-refractivity contribution in [2.45, 2.75) is 18.8 Å². The summed E-state index contributed by atoms with van der Waals surface area (Å²) in [6, 6.07) is 5.43. The summed E-state index contributed by atoms with van der Waals surface area (Å²) >= 11 is 0. The monoisotopic (exact) mass is 245 g/mol. The van der Waals surface area contributed by atoms with Crippen molar-refractivity contribution in [3.8, 4) is 6.07 Å². The molecule has 1 aliphatic carbocycles. The van der Waals surface area contributed by atoms with Gasteiger partial charge >= 0.3 is 0 Å². The van der Waals surface area contributed by atoms with Crippen molar-refractivity contribution in [1.29, 1.82) is 5.26 Å². The van der Waals surface area contributed by atoms with Crippen LogP contribution in [-0.2, 0) is 0 Å². The molecule has 0 bridgehead atoms. The molecule has 18 heavy (non-hydrogen) atoms. The lowest BCUT2D eigenvalue weighted by molar-refractivity contribution is 0.585. The molecule has 1 saturated carbocycles. The first kappa shape index (κ1) is 11.5. The van der Waals surface area contributed by atoms with Crippen LogP contribution in [0.25, 0.3) is 0 Å². The second kappa shape index (κ2) is 4.58. The first-order chi connectivity index (χ1) is 8.79. The van der Waals surface area contributed by atoms with Gasteiger partial charge in [-0.15, -0.1) is 0 Å². The van der Waals surface area contributed by atoms with Gasteiger partial charge in [0.05, 0.1) is 11.3 Å². The zero-order valence-corrected chi connectivity index (χ0v) is 10.2. The predicted octanol–water partition coefficient (Wildman–Crippen LogP) is 1.98. The molecule has 0 radical (unpaired) electrons. The van der Waals surface area contributed by atoms with E-state index in [1.807, 2.05) is 6.07 Å². The van der Waals surface area contributed by atoms with E-state index in [0.29, 0.717) is 11.5 Å². The van der Waals surface area contributed by atoms with Gasteiger partial charge in [0, 0.05) is 26.2 Å². The molecule has 1 N–H and O–H groups in total. The van der Waals surface area contributed by atoms with Crippen molar-refractivity contribution in [2.75, 3.05) is 31.1 Å². The minimum Gasteiger partial charge on any atom is -0.368 e. The number of anilines is 1. The third-order valence-electron chi connectivity index (χ3n) is 3.71. The van der Waals surface area contributed by atoms with Crippen molar-refractivity contribution in [1.82, 2.24) is 5.32 Å². The molecule has 0 atom stereocenters. The number of halogens is 1. The molecule has 4 heteroatoms. The van der Waals surface area contributed by atoms with Gasteiger partial charge in [-0.05, 0) is 36.5 Å². The molecule has 2 aliphatic rings. The molecule has 1 saturated heterocycles. The normalized spacial score (nSPS) is 19.7. The van der Waals surface area contributed by atoms with Gasteiger partial charge in [-0.25, -0.2) is 4.39 Å². The Kier molecular flexibility index (Phi) is 2.92. The highest BCUT2D eigenvalue weighted by Gasteiger charge is 2.28. The van der Waals surface area contributed by atoms with Crippen molar-refractivity contribution in [3.63, 3.8) is 0 Å². The number of hydrogen-bond acceptors (Lipinski definition) is 3. The van der Waals surface area contributed by atoms with E-state index >= 15 is 0 Å². The molecule has 1 aromatic carbocycles. The van der Waals surface area contributed by atoms with Crippen LogP contribution in [0, 0.1) is 17.1 Å². The Morgan fingerprint density at radius 1 is 1.28 bits per heavy atom. The van der Waals surface area contributed by atoms with Gasteiger partial charge in [-0.1, -0.05) is 0 Å². The highest BCUT2D eigenvalue weighted by molar-refractivity contribution is 5.62. The maximum atomic E-state index is 13.9. The Labute approximate surface area is 106 Å². The Bertz CT molecular complexity index is 496. The molecule has 94 valence electrons. The summed E-state index contributed by atoms with van der Waals surface area (Å²) in [7, 11) is 0. The maximum Gasteiger partial charge on any atom is 0.128 e. The van der Waals surface area contributed by atoms with Crippen LogP contribution in [0.4, 0.5) is 10.1 Å². The molecule has 2 fully saturated rings. The zero-order valence-electron chi connectivity index (χ0n) is 10.2. The average molecular weight is 245 g/mol. The summed E-state index contributed by atoms with van der Waals surface area (Å²) < 4.78 is 13.9. The summed E-state index contributed by atoms with van der Waals surface area (Å²) in [6.07, 6.45) is 2.15. The van der Waals surface area contributed by atoms with Crippen LogP contribution in [0.3, 0.4) is 0 Å². The van der Waals surface area contributed by atoms with Gasteiger partial charge in [0.1, 0.15) is 11.9 Å². The largest absolute Gasteiger partial charge is 0.368 e. The Balaban J connectivity index is 1.99. The summed E-state index contributed by atoms with van der Waals surface area (Å²) in [5, 5.41) is 12.4. The molecule has 0 amide bonds. The van der Waals surface area contributed by atoms with Crippen LogP contribution in [0.15, 0.2) is 12.1 Å². The van der Waals surface area contributed by atoms with E-state index in [2.05, 4.69) is 16.3 Å². The van der Waals surface area contributed by atoms with Crippen LogP contribution < -0.4 is 10.2 Å². The van der Waals surface area contributed by atoms with E-state index < -0.39 is 0 Å². The fraction of sp³-hybridized carbons (Fsp3) is 0.500. The highest BCUT2D eigenvalue weighted by Crippen LogP contribution is 2.43. The Morgan fingerprint density at radius 2 is 2.00 bits per heavy atom. The number of benzene rings is 1. The number of rotatable bonds is 2. The lowest BCUT2D eigenvalue weighted by Crippen LogP contribution is -2.43. The smallest absolute Gasteiger partial charge is 0.128 e. The second-order valence-corrected chi connectivity index (χ2v) is 5.01. The SMILES string of the molecule is N#Cc1cc(F)c(C2CC2)cc1N1CCNCC1. The van der Waals surface area contributed by atoms with E-state index in [-0.39, 0.29) is 5.82 Å². The molecule has 1 heterocycles. The molecule has 1 aromatic rings. The molecule has 3 nitrogen and oxygen atoms in total. The van der Waals surface area contributed by atoms with Crippen molar-refractivity contribution in [2.24, 2.45) is 0 Å². The first-order valence-corrected chi connectivity index (χ1v) is 6.49. The maximum absolute atomic E-state index is 13.9. The molecular weight excluding hydrogens is 229 g/mol. The fourth-order valence-corrected chi connectivity index (χ4v) is 2.54. The summed E-state index contributed by atoms with van der Waals surface area (Å²) in [5.41, 5.74) is 2.16. The van der Waals surface area contributed by atoms with E-state index in [9.17, 15) is 4.39 Å². The average Bonchev–Trinajstić information content (AvgIpc) is 3.23. The quantitative estimate of drug-likeness (QED) is 0.866. The third-order valence-corrected chi connectivity index (χ3v) is 3.71. The molecular formula is C14H16FN3. The van der Waals surface area contributed by atoms with E-state index in [0.717, 1.165) is 50.3 Å². The number of nitrogens with one attached hydrogen (secondary N) is 1. The molecule has 0 unspecified atom stereocenters. The van der Waals surface area contributed by atoms with Gasteiger partial charge in [-0.3, -0.25) is 0 Å². The van der Waals surface area contributed by atoms with Crippen LogP contribution in [-0.4, -0.2) is 26.2 Å². The van der Waals surface area contributed by atoms with Gasteiger partial charge in [0.15, 0.2) is 0 Å². The van der Waals surface area contributed by atoms with Crippen LogP contribution in [0.1, 0.15) is 29.9 Å². The standard InChI is InChI=1S/C14H16FN3/c15-13-7-11(9-16)14(8-12(13)10-1-2-10)18-5-3-17-4-6-18/h7-8,10,17H,1-6H2. The highest BCUT2D eigenvalue weighted by atomic mass is 19.1. The number of nitriles is 1. The van der Waals surface area contributed by atoms with E-state index in [1.165, 1.54) is 6.07 Å². The zero-order chi connectivity index (χ0) is 12.5. The molecule has 1 aliphatic heterocycles. The van der Waals surface area contributed by atoms with Crippen LogP contribution >= 0.6 is 0 Å². The lowest BCUT2D eigenvalue weighted by Gasteiger charge is -2.30. The summed E-state index contributed by atoms with van der Waals surface area (Å²) in [5.74, 6) is 0.160. The first-order valence-electron chi connectivity index (χ1n) is 6.49. The van der Waals surface area contributed by atoms with Gasteiger partial charge in [-0.2, -0.15) is 5.26 Å². The Morgan fingerprint density at radius 3 is 2.61 bits per heavy atom. The number of hydrogen-bond donors (Lipinski definition) is 1. The van der Waals surface area contributed by atoms with Gasteiger partial charge in [0.2, 0.25) is 0 Å². The van der Waals surface area contributed by atoms with Crippen molar-refractivity contribution in [3.05, 3.63) is 29.1 Å². The molecule has 0 aromatic heterocycles. The lowest BCUT2D eigenvalue weighted by atomic mass is 10.0. The van der Waals surface area contributed by atoms with Crippen molar-refractivity contribution < 1.29 is 4.39 Å². The van der Waals surface area contributed by atoms with Gasteiger partial charge < -0.3 is 10.2 Å². The molecule has 0 spiro atoms. The number of piperazine rings is 1. The van der Waals surface area contributed by atoms with Crippen LogP contribution in [0.5, 0.6) is 0 Å². The van der Waals surface area contributed by atoms with E-state index in [4.69, 9.17) is 5.26 Å². The minimum atomic E-state index is -0.215. The fourth-order valence-electron chi connectivity index (χ4n) is 2.54. The van der Waals surface area contributed by atoms with Gasteiger partial charge in [0.25, 0.3) is 0 Å². The summed E-state index contributed by atoms with van der Waals surface area (Å²) in [4.78, 5) is 2.18. The van der Waals surface area contributed by atoms with Crippen LogP contribution in [0.2, 0.25) is 0 Å². The van der Waals surface area contributed by atoms with Crippen molar-refractivity contribution >= 4 is 5.69 Å². The summed E-state index contributed by atoms with van der Waals surface area (Å²) in [6.45, 7) is 3.59. The second-order valence-electron chi connectivity index (χ2n) is 5.01. The topological polar surface area (TPSA) is 39.1 Å². The van der Waals surface area contributed by atoms with E-state index in [1.54, 1.807) is 0 Å².